The number of ether oxygens (including phenoxy) is 6. The summed E-state index contributed by atoms with van der Waals surface area (Å²) in [7, 11) is 0.739. The molecule has 4 aromatic carbocycles. The number of rotatable bonds is 22. The van der Waals surface area contributed by atoms with Crippen LogP contribution in [-0.4, -0.2) is 91.9 Å². The van der Waals surface area contributed by atoms with Gasteiger partial charge in [-0.15, -0.1) is 0 Å². The number of imidazole rings is 2. The molecule has 0 spiro atoms. The Morgan fingerprint density at radius 3 is 1.49 bits per heavy atom. The number of aryl methyl sites for hydroxylation is 2. The lowest BCUT2D eigenvalue weighted by Gasteiger charge is -2.17. The lowest BCUT2D eigenvalue weighted by atomic mass is 10.0. The van der Waals surface area contributed by atoms with E-state index < -0.39 is 51.4 Å². The van der Waals surface area contributed by atoms with Crippen molar-refractivity contribution in [1.29, 1.82) is 0 Å². The first kappa shape index (κ1) is 62.0. The van der Waals surface area contributed by atoms with Crippen LogP contribution in [0.4, 0.5) is 17.6 Å². The summed E-state index contributed by atoms with van der Waals surface area (Å²) in [5.41, 5.74) is 4.55. The molecule has 452 valence electrons. The van der Waals surface area contributed by atoms with Gasteiger partial charge in [0.2, 0.25) is 0 Å². The Kier molecular flexibility index (Phi) is 18.7. The van der Waals surface area contributed by atoms with Crippen molar-refractivity contribution in [2.45, 2.75) is 91.8 Å². The number of carbonyl (C=O) groups excluding carboxylic acids is 2. The third kappa shape index (κ3) is 13.9. The summed E-state index contributed by atoms with van der Waals surface area (Å²) in [5.74, 6) is -4.24. The fourth-order valence-corrected chi connectivity index (χ4v) is 11.2. The SMILES string of the molecule is CCOC(=O)Cn1cnc2c(Oc3ccc(F)cc3F)c(-c3cn(C)c(=O)c4c3ccn4COCC[Si](C)(C)C)ccc21.CCOC(=O)Cn1cnc2ccc(-c3cn(C)c(=O)c4c3ccn4COCC[Si](C)(C)C)c(Oc3ccc(F)cc3F)c21. The van der Waals surface area contributed by atoms with Crippen LogP contribution in [0.15, 0.2) is 120 Å². The molecule has 10 rings (SSSR count). The second-order valence-electron chi connectivity index (χ2n) is 23.0. The van der Waals surface area contributed by atoms with Crippen LogP contribution in [-0.2, 0) is 69.2 Å². The normalized spacial score (nSPS) is 11.9. The predicted octanol–water partition coefficient (Wildman–Crippen LogP) is 12.6. The largest absolute Gasteiger partial charge is 0.465 e. The molecule has 0 radical (unpaired) electrons. The van der Waals surface area contributed by atoms with Gasteiger partial charge < -0.3 is 55.8 Å². The number of carbonyl (C=O) groups is 2. The van der Waals surface area contributed by atoms with Gasteiger partial charge in [-0.25, -0.2) is 27.5 Å². The molecule has 0 saturated heterocycles. The summed E-state index contributed by atoms with van der Waals surface area (Å²) in [6, 6.07) is 18.8. The van der Waals surface area contributed by atoms with E-state index >= 15 is 0 Å². The number of esters is 2. The van der Waals surface area contributed by atoms with Crippen LogP contribution in [0.2, 0.25) is 51.4 Å². The van der Waals surface area contributed by atoms with E-state index in [2.05, 4.69) is 49.3 Å². The Hall–Kier alpha value is -8.59. The van der Waals surface area contributed by atoms with E-state index in [9.17, 15) is 36.7 Å². The van der Waals surface area contributed by atoms with Gasteiger partial charge in [-0.05, 0) is 86.6 Å². The maximum Gasteiger partial charge on any atom is 0.326 e. The highest BCUT2D eigenvalue weighted by Gasteiger charge is 2.26. The molecule has 86 heavy (non-hydrogen) atoms. The molecule has 0 amide bonds. The third-order valence-corrected chi connectivity index (χ3v) is 17.5. The number of halogens is 4. The van der Waals surface area contributed by atoms with E-state index in [0.29, 0.717) is 79.3 Å². The minimum atomic E-state index is -1.29. The van der Waals surface area contributed by atoms with Gasteiger partial charge in [-0.1, -0.05) is 39.3 Å². The van der Waals surface area contributed by atoms with Crippen molar-refractivity contribution in [1.82, 2.24) is 37.4 Å². The van der Waals surface area contributed by atoms with Crippen LogP contribution in [0, 0.1) is 23.3 Å². The Balaban J connectivity index is 0.000000205. The van der Waals surface area contributed by atoms with Crippen molar-refractivity contribution in [3.8, 4) is 45.3 Å². The maximum atomic E-state index is 14.9. The molecule has 0 atom stereocenters. The molecular weight excluding hydrogens is 1150 g/mol. The molecular formula is C62H68F4N8O10Si2. The summed E-state index contributed by atoms with van der Waals surface area (Å²) in [6.07, 6.45) is 9.92. The van der Waals surface area contributed by atoms with Crippen LogP contribution in [0.1, 0.15) is 13.8 Å². The van der Waals surface area contributed by atoms with Crippen molar-refractivity contribution in [2.24, 2.45) is 14.1 Å². The van der Waals surface area contributed by atoms with E-state index in [1.807, 2.05) is 12.1 Å². The summed E-state index contributed by atoms with van der Waals surface area (Å²) in [5, 5.41) is 1.28. The van der Waals surface area contributed by atoms with E-state index in [0.717, 1.165) is 36.4 Å². The van der Waals surface area contributed by atoms with E-state index in [4.69, 9.17) is 28.4 Å². The van der Waals surface area contributed by atoms with Gasteiger partial charge in [0, 0.05) is 113 Å². The lowest BCUT2D eigenvalue weighted by Crippen LogP contribution is -2.23. The van der Waals surface area contributed by atoms with Crippen LogP contribution < -0.4 is 20.6 Å². The minimum absolute atomic E-state index is 0.0846. The molecule has 0 fully saturated rings. The summed E-state index contributed by atoms with van der Waals surface area (Å²) >= 11 is 0. The van der Waals surface area contributed by atoms with Crippen LogP contribution >= 0.6 is 0 Å². The molecule has 0 aliphatic heterocycles. The summed E-state index contributed by atoms with van der Waals surface area (Å²) in [4.78, 5) is 60.3. The minimum Gasteiger partial charge on any atom is -0.465 e. The van der Waals surface area contributed by atoms with Crippen LogP contribution in [0.25, 0.3) is 66.1 Å². The van der Waals surface area contributed by atoms with Gasteiger partial charge in [0.1, 0.15) is 60.3 Å². The number of aromatic nitrogens is 8. The Labute approximate surface area is 494 Å². The molecule has 10 aromatic rings. The Morgan fingerprint density at radius 1 is 0.535 bits per heavy atom. The van der Waals surface area contributed by atoms with E-state index in [-0.39, 0.29) is 73.9 Å². The zero-order chi connectivity index (χ0) is 61.8. The van der Waals surface area contributed by atoms with Crippen molar-refractivity contribution >= 4 is 72.0 Å². The first-order valence-corrected chi connectivity index (χ1v) is 35.4. The zero-order valence-electron chi connectivity index (χ0n) is 49.6. The van der Waals surface area contributed by atoms with Crippen molar-refractivity contribution < 1.29 is 55.6 Å². The van der Waals surface area contributed by atoms with E-state index in [1.54, 1.807) is 95.3 Å². The highest BCUT2D eigenvalue weighted by molar-refractivity contribution is 6.76. The van der Waals surface area contributed by atoms with Crippen LogP contribution in [0.3, 0.4) is 0 Å². The van der Waals surface area contributed by atoms with Gasteiger partial charge in [0.25, 0.3) is 11.1 Å². The van der Waals surface area contributed by atoms with Gasteiger partial charge in [-0.3, -0.25) is 19.2 Å². The molecule has 0 saturated carbocycles. The van der Waals surface area contributed by atoms with Crippen molar-refractivity contribution in [3.05, 3.63) is 154 Å². The number of benzene rings is 4. The van der Waals surface area contributed by atoms with Crippen molar-refractivity contribution in [3.63, 3.8) is 0 Å². The summed E-state index contributed by atoms with van der Waals surface area (Å²) < 4.78 is 101. The van der Waals surface area contributed by atoms with Gasteiger partial charge in [0.05, 0.1) is 36.9 Å². The number of fused-ring (bicyclic) bond motifs is 4. The lowest BCUT2D eigenvalue weighted by molar-refractivity contribution is -0.144. The smallest absolute Gasteiger partial charge is 0.326 e. The number of nitrogens with zero attached hydrogens (tertiary/aromatic N) is 8. The quantitative estimate of drug-likeness (QED) is 0.0272. The van der Waals surface area contributed by atoms with E-state index in [1.165, 1.54) is 33.9 Å². The second-order valence-corrected chi connectivity index (χ2v) is 34.3. The third-order valence-electron chi connectivity index (χ3n) is 14.1. The Bertz CT molecular complexity index is 4290. The average Bonchev–Trinajstić information content (AvgIpc) is 2.34. The molecule has 6 heterocycles. The summed E-state index contributed by atoms with van der Waals surface area (Å²) in [6.45, 7) is 18.9. The standard InChI is InChI=1S/2C31H34F2N4O5Si/c1-6-41-27(38)17-37-18-34-28-25(37)9-8-22(30(28)42-26-10-7-20(32)15-24(26)33)23-16-35(2)31(39)29-21(23)11-12-36(29)19-40-13-14-43(3,4)5;1-6-41-27(38)17-37-18-34-25-9-8-22(30(29(25)37)42-26-10-7-20(32)15-24(26)33)23-16-35(2)31(39)28-21(23)11-12-36(28)19-40-13-14-43(3,4)5/h2*7-12,15-16,18H,6,13-14,17,19H2,1-5H3. The molecule has 0 aliphatic rings. The first-order valence-electron chi connectivity index (χ1n) is 28.0. The zero-order valence-corrected chi connectivity index (χ0v) is 51.6. The number of pyridine rings is 2. The van der Waals surface area contributed by atoms with Crippen LogP contribution in [0.5, 0.6) is 23.0 Å². The highest BCUT2D eigenvalue weighted by atomic mass is 28.3. The number of hydrogen-bond acceptors (Lipinski definition) is 12. The molecule has 0 aliphatic carbocycles. The van der Waals surface area contributed by atoms with Gasteiger partial charge in [0.15, 0.2) is 34.6 Å². The predicted molar refractivity (Wildman–Crippen MR) is 326 cm³/mol. The number of hydrogen-bond donors (Lipinski definition) is 0. The van der Waals surface area contributed by atoms with Gasteiger partial charge in [-0.2, -0.15) is 0 Å². The average molecular weight is 1220 g/mol. The maximum absolute atomic E-state index is 14.9. The first-order chi connectivity index (χ1) is 40.9. The molecule has 0 unspecified atom stereocenters. The highest BCUT2D eigenvalue weighted by Crippen LogP contribution is 2.44. The van der Waals surface area contributed by atoms with Gasteiger partial charge >= 0.3 is 11.9 Å². The molecule has 0 N–H and O–H groups in total. The molecule has 0 bridgehead atoms. The topological polar surface area (TPSA) is 179 Å². The van der Waals surface area contributed by atoms with Crippen molar-refractivity contribution in [2.75, 3.05) is 26.4 Å². The molecule has 6 aromatic heterocycles. The molecule has 24 heteroatoms. The fourth-order valence-electron chi connectivity index (χ4n) is 9.70. The molecule has 18 nitrogen and oxygen atoms in total. The Morgan fingerprint density at radius 2 is 1.00 bits per heavy atom. The fraction of sp³-hybridized carbons (Fsp3) is 0.323. The second kappa shape index (κ2) is 25.9. The monoisotopic (exact) mass is 1220 g/mol.